The summed E-state index contributed by atoms with van der Waals surface area (Å²) in [5.74, 6) is 1.65. The van der Waals surface area contributed by atoms with Gasteiger partial charge in [0.25, 0.3) is 5.91 Å². The Hall–Kier alpha value is -3.41. The van der Waals surface area contributed by atoms with E-state index in [0.29, 0.717) is 23.9 Å². The van der Waals surface area contributed by atoms with Crippen molar-refractivity contribution < 1.29 is 9.53 Å². The van der Waals surface area contributed by atoms with Crippen LogP contribution in [0.4, 0.5) is 5.82 Å². The van der Waals surface area contributed by atoms with Gasteiger partial charge in [-0.3, -0.25) is 4.79 Å². The highest BCUT2D eigenvalue weighted by Gasteiger charge is 2.14. The fourth-order valence-electron chi connectivity index (χ4n) is 2.88. The van der Waals surface area contributed by atoms with Crippen molar-refractivity contribution >= 4 is 11.7 Å². The molecule has 0 unspecified atom stereocenters. The van der Waals surface area contributed by atoms with E-state index in [1.54, 1.807) is 13.2 Å². The van der Waals surface area contributed by atoms with Crippen molar-refractivity contribution in [3.63, 3.8) is 0 Å². The van der Waals surface area contributed by atoms with Crippen LogP contribution in [-0.4, -0.2) is 29.5 Å². The second-order valence-corrected chi connectivity index (χ2v) is 6.60. The molecule has 3 rings (SSSR count). The van der Waals surface area contributed by atoms with E-state index in [4.69, 9.17) is 4.74 Å². The second kappa shape index (κ2) is 10.2. The van der Waals surface area contributed by atoms with Gasteiger partial charge in [-0.25, -0.2) is 9.97 Å². The first-order chi connectivity index (χ1) is 14.2. The molecule has 2 aromatic carbocycles. The summed E-state index contributed by atoms with van der Waals surface area (Å²) in [5.41, 5.74) is 2.10. The largest absolute Gasteiger partial charge is 0.496 e. The topological polar surface area (TPSA) is 76.1 Å². The number of nitrogens with one attached hydrogen (secondary N) is 2. The minimum Gasteiger partial charge on any atom is -0.496 e. The molecule has 0 radical (unpaired) electrons. The molecule has 0 atom stereocenters. The summed E-state index contributed by atoms with van der Waals surface area (Å²) >= 11 is 0. The minimum atomic E-state index is -0.256. The molecule has 6 heteroatoms. The van der Waals surface area contributed by atoms with Gasteiger partial charge in [0.1, 0.15) is 17.3 Å². The molecule has 150 valence electrons. The summed E-state index contributed by atoms with van der Waals surface area (Å²) in [7, 11) is 1.62. The molecule has 2 N–H and O–H groups in total. The Morgan fingerprint density at radius 1 is 1.03 bits per heavy atom. The summed E-state index contributed by atoms with van der Waals surface area (Å²) in [4.78, 5) is 21.9. The number of rotatable bonds is 9. The number of carbonyl (C=O) groups is 1. The molecule has 0 saturated carbocycles. The van der Waals surface area contributed by atoms with Gasteiger partial charge in [0.2, 0.25) is 0 Å². The zero-order valence-electron chi connectivity index (χ0n) is 16.8. The van der Waals surface area contributed by atoms with Gasteiger partial charge < -0.3 is 15.4 Å². The Balaban J connectivity index is 1.82. The molecule has 0 bridgehead atoms. The zero-order chi connectivity index (χ0) is 20.5. The molecule has 29 heavy (non-hydrogen) atoms. The fraction of sp³-hybridized carbons (Fsp3) is 0.261. The highest BCUT2D eigenvalue weighted by atomic mass is 16.5. The number of nitrogens with zero attached hydrogens (tertiary/aromatic N) is 2. The molecule has 0 aliphatic carbocycles. The molecular formula is C23H26N4O2. The van der Waals surface area contributed by atoms with Gasteiger partial charge in [0.15, 0.2) is 5.82 Å². The van der Waals surface area contributed by atoms with Crippen LogP contribution in [0.25, 0.3) is 11.4 Å². The van der Waals surface area contributed by atoms with E-state index < -0.39 is 0 Å². The van der Waals surface area contributed by atoms with Crippen molar-refractivity contribution in [3.8, 4) is 17.1 Å². The van der Waals surface area contributed by atoms with E-state index in [2.05, 4.69) is 27.5 Å². The number of anilines is 1. The quantitative estimate of drug-likeness (QED) is 0.533. The first kappa shape index (κ1) is 20.3. The third-order valence-corrected chi connectivity index (χ3v) is 4.46. The lowest BCUT2D eigenvalue weighted by Crippen LogP contribution is -2.24. The number of ether oxygens (including phenoxy) is 1. The SMILES string of the molecule is CCCCNc1cc(C(=O)NCc2ccccc2OC)nc(-c2ccccc2)n1. The Labute approximate surface area is 171 Å². The maximum Gasteiger partial charge on any atom is 0.270 e. The fourth-order valence-corrected chi connectivity index (χ4v) is 2.88. The number of benzene rings is 2. The van der Waals surface area contributed by atoms with Gasteiger partial charge in [-0.15, -0.1) is 0 Å². The number of unbranched alkanes of at least 4 members (excludes halogenated alkanes) is 1. The highest BCUT2D eigenvalue weighted by molar-refractivity contribution is 5.93. The van der Waals surface area contributed by atoms with Gasteiger partial charge in [-0.05, 0) is 12.5 Å². The Kier molecular flexibility index (Phi) is 7.16. The molecule has 0 aliphatic heterocycles. The van der Waals surface area contributed by atoms with E-state index in [9.17, 15) is 4.79 Å². The van der Waals surface area contributed by atoms with Crippen molar-refractivity contribution in [2.45, 2.75) is 26.3 Å². The average Bonchev–Trinajstić information content (AvgIpc) is 2.78. The van der Waals surface area contributed by atoms with E-state index >= 15 is 0 Å². The molecule has 6 nitrogen and oxygen atoms in total. The van der Waals surface area contributed by atoms with Gasteiger partial charge in [-0.2, -0.15) is 0 Å². The first-order valence-electron chi connectivity index (χ1n) is 9.79. The number of amides is 1. The van der Waals surface area contributed by atoms with E-state index in [1.807, 2.05) is 54.6 Å². The lowest BCUT2D eigenvalue weighted by molar-refractivity contribution is 0.0945. The maximum absolute atomic E-state index is 12.8. The van der Waals surface area contributed by atoms with Crippen LogP contribution in [-0.2, 0) is 6.54 Å². The standard InChI is InChI=1S/C23H26N4O2/c1-3-4-14-24-21-15-19(26-22(27-21)17-10-6-5-7-11-17)23(28)25-16-18-12-8-9-13-20(18)29-2/h5-13,15H,3-4,14,16H2,1-2H3,(H,25,28)(H,24,26,27). The predicted molar refractivity (Wildman–Crippen MR) is 115 cm³/mol. The van der Waals surface area contributed by atoms with Gasteiger partial charge >= 0.3 is 0 Å². The summed E-state index contributed by atoms with van der Waals surface area (Å²) in [6.07, 6.45) is 2.11. The molecule has 0 spiro atoms. The monoisotopic (exact) mass is 390 g/mol. The molecule has 0 fully saturated rings. The normalized spacial score (nSPS) is 10.4. The number of methoxy groups -OCH3 is 1. The Morgan fingerprint density at radius 3 is 2.55 bits per heavy atom. The van der Waals surface area contributed by atoms with Crippen LogP contribution in [0.3, 0.4) is 0 Å². The van der Waals surface area contributed by atoms with Gasteiger partial charge in [0, 0.05) is 30.3 Å². The van der Waals surface area contributed by atoms with Crippen LogP contribution >= 0.6 is 0 Å². The molecule has 1 aromatic heterocycles. The molecule has 0 aliphatic rings. The smallest absolute Gasteiger partial charge is 0.270 e. The zero-order valence-corrected chi connectivity index (χ0v) is 16.8. The summed E-state index contributed by atoms with van der Waals surface area (Å²) < 4.78 is 5.35. The van der Waals surface area contributed by atoms with E-state index in [1.165, 1.54) is 0 Å². The highest BCUT2D eigenvalue weighted by Crippen LogP contribution is 2.19. The van der Waals surface area contributed by atoms with E-state index in [-0.39, 0.29) is 5.91 Å². The number of para-hydroxylation sites is 1. The maximum atomic E-state index is 12.8. The third-order valence-electron chi connectivity index (χ3n) is 4.46. The van der Waals surface area contributed by atoms with E-state index in [0.717, 1.165) is 36.3 Å². The van der Waals surface area contributed by atoms with Crippen molar-refractivity contribution in [2.24, 2.45) is 0 Å². The summed E-state index contributed by atoms with van der Waals surface area (Å²) in [6.45, 7) is 3.28. The molecule has 1 heterocycles. The van der Waals surface area contributed by atoms with Crippen molar-refractivity contribution in [1.82, 2.24) is 15.3 Å². The van der Waals surface area contributed by atoms with Crippen LogP contribution in [0.1, 0.15) is 35.8 Å². The third kappa shape index (κ3) is 5.54. The number of carbonyl (C=O) groups excluding carboxylic acids is 1. The van der Waals surface area contributed by atoms with Gasteiger partial charge in [-0.1, -0.05) is 61.9 Å². The molecule has 3 aromatic rings. The molecule has 0 saturated heterocycles. The van der Waals surface area contributed by atoms with Crippen LogP contribution in [0, 0.1) is 0 Å². The van der Waals surface area contributed by atoms with Crippen molar-refractivity contribution in [3.05, 3.63) is 71.9 Å². The van der Waals surface area contributed by atoms with Crippen LogP contribution in [0.5, 0.6) is 5.75 Å². The van der Waals surface area contributed by atoms with Crippen LogP contribution in [0.15, 0.2) is 60.7 Å². The first-order valence-corrected chi connectivity index (χ1v) is 9.79. The summed E-state index contributed by atoms with van der Waals surface area (Å²) in [5, 5.41) is 6.22. The predicted octanol–water partition coefficient (Wildman–Crippen LogP) is 4.29. The van der Waals surface area contributed by atoms with Crippen LogP contribution in [0.2, 0.25) is 0 Å². The number of aromatic nitrogens is 2. The van der Waals surface area contributed by atoms with Crippen molar-refractivity contribution in [2.75, 3.05) is 19.0 Å². The van der Waals surface area contributed by atoms with Gasteiger partial charge in [0.05, 0.1) is 7.11 Å². The van der Waals surface area contributed by atoms with Crippen molar-refractivity contribution in [1.29, 1.82) is 0 Å². The average molecular weight is 390 g/mol. The Morgan fingerprint density at radius 2 is 1.79 bits per heavy atom. The number of hydrogen-bond donors (Lipinski definition) is 2. The second-order valence-electron chi connectivity index (χ2n) is 6.60. The Bertz CT molecular complexity index is 945. The molecular weight excluding hydrogens is 364 g/mol. The lowest BCUT2D eigenvalue weighted by Gasteiger charge is -2.12. The van der Waals surface area contributed by atoms with Crippen LogP contribution < -0.4 is 15.4 Å². The minimum absolute atomic E-state index is 0.256. The number of hydrogen-bond acceptors (Lipinski definition) is 5. The summed E-state index contributed by atoms with van der Waals surface area (Å²) in [6, 6.07) is 19.0. The molecule has 1 amide bonds. The lowest BCUT2D eigenvalue weighted by atomic mass is 10.2.